The minimum atomic E-state index is -3.20. The molecular formula is C44H94N4O4S2. The van der Waals surface area contributed by atoms with Gasteiger partial charge in [0.1, 0.15) is 0 Å². The lowest BCUT2D eigenvalue weighted by Crippen LogP contribution is -2.35. The third kappa shape index (κ3) is 31.8. The predicted molar refractivity (Wildman–Crippen MR) is 237 cm³/mol. The zero-order chi connectivity index (χ0) is 40.0. The molecule has 0 amide bonds. The molecule has 2 N–H and O–H groups in total. The quantitative estimate of drug-likeness (QED) is 0.0615. The second-order valence-electron chi connectivity index (χ2n) is 16.3. The summed E-state index contributed by atoms with van der Waals surface area (Å²) in [5, 5.41) is 0. The topological polar surface area (TPSA) is 104 Å². The van der Waals surface area contributed by atoms with E-state index in [1.54, 1.807) is 0 Å². The second kappa shape index (κ2) is 38.3. The number of hydrogen-bond acceptors (Lipinski definition) is 6. The van der Waals surface area contributed by atoms with Crippen LogP contribution in [-0.4, -0.2) is 94.2 Å². The molecule has 0 saturated heterocycles. The van der Waals surface area contributed by atoms with Crippen molar-refractivity contribution in [3.05, 3.63) is 0 Å². The number of rotatable bonds is 44. The van der Waals surface area contributed by atoms with E-state index in [2.05, 4.69) is 32.6 Å². The molecule has 0 atom stereocenters. The SMILES string of the molecule is CCCCCCCCN(CCCCCC)S(=O)(=O)CCCCCCN(CCCCN)CCCCCCS(=O)(=O)N(CCCCCC)CCCCCCCC. The summed E-state index contributed by atoms with van der Waals surface area (Å²) in [4.78, 5) is 2.56. The van der Waals surface area contributed by atoms with Crippen molar-refractivity contribution in [1.29, 1.82) is 0 Å². The Balaban J connectivity index is 4.67. The average molecular weight is 807 g/mol. The van der Waals surface area contributed by atoms with Gasteiger partial charge in [-0.3, -0.25) is 0 Å². The molecule has 8 nitrogen and oxygen atoms in total. The number of hydrogen-bond donors (Lipinski definition) is 1. The molecular weight excluding hydrogens is 713 g/mol. The van der Waals surface area contributed by atoms with Crippen LogP contribution in [0.4, 0.5) is 0 Å². The van der Waals surface area contributed by atoms with Crippen LogP contribution >= 0.6 is 0 Å². The van der Waals surface area contributed by atoms with E-state index < -0.39 is 20.0 Å². The zero-order valence-electron chi connectivity index (χ0n) is 36.7. The van der Waals surface area contributed by atoms with E-state index in [9.17, 15) is 16.8 Å². The fourth-order valence-electron chi connectivity index (χ4n) is 7.37. The standard InChI is InChI=1S/C44H94N4O4S2/c1-5-9-13-17-19-30-41-47(39-28-15-11-7-3)53(49,50)43-33-23-21-26-36-46(38-32-25-35-45)37-27-22-24-34-44-54(51,52)48(40-29-16-12-8-4)42-31-20-18-14-10-6-2/h5-45H2,1-4H3. The van der Waals surface area contributed by atoms with E-state index in [0.717, 1.165) is 142 Å². The molecule has 0 aromatic rings. The van der Waals surface area contributed by atoms with Crippen molar-refractivity contribution >= 4 is 20.0 Å². The van der Waals surface area contributed by atoms with E-state index in [4.69, 9.17) is 5.73 Å². The van der Waals surface area contributed by atoms with Crippen LogP contribution < -0.4 is 5.73 Å². The normalized spacial score (nSPS) is 12.6. The molecule has 0 heterocycles. The molecule has 0 unspecified atom stereocenters. The fourth-order valence-corrected chi connectivity index (χ4v) is 10.7. The lowest BCUT2D eigenvalue weighted by atomic mass is 10.1. The van der Waals surface area contributed by atoms with Crippen molar-refractivity contribution in [1.82, 2.24) is 13.5 Å². The van der Waals surface area contributed by atoms with Gasteiger partial charge < -0.3 is 10.6 Å². The van der Waals surface area contributed by atoms with Crippen molar-refractivity contribution in [3.63, 3.8) is 0 Å². The molecule has 0 aliphatic rings. The summed E-state index contributed by atoms with van der Waals surface area (Å²) in [7, 11) is -6.41. The number of nitrogens with zero attached hydrogens (tertiary/aromatic N) is 3. The molecule has 0 bridgehead atoms. The fraction of sp³-hybridized carbons (Fsp3) is 1.00. The van der Waals surface area contributed by atoms with Crippen LogP contribution in [0.1, 0.15) is 220 Å². The van der Waals surface area contributed by atoms with Crippen LogP contribution in [0.15, 0.2) is 0 Å². The first kappa shape index (κ1) is 53.7. The van der Waals surface area contributed by atoms with Gasteiger partial charge in [0.25, 0.3) is 0 Å². The Bertz CT molecular complexity index is 923. The molecule has 10 heteroatoms. The monoisotopic (exact) mass is 807 g/mol. The van der Waals surface area contributed by atoms with E-state index in [1.807, 2.05) is 8.61 Å². The second-order valence-corrected chi connectivity index (χ2v) is 20.4. The largest absolute Gasteiger partial charge is 0.330 e. The van der Waals surface area contributed by atoms with Crippen molar-refractivity contribution in [2.45, 2.75) is 220 Å². The Morgan fingerprint density at radius 1 is 0.315 bits per heavy atom. The summed E-state index contributed by atoms with van der Waals surface area (Å²) in [5.41, 5.74) is 5.80. The molecule has 0 aromatic carbocycles. The molecule has 0 aliphatic carbocycles. The van der Waals surface area contributed by atoms with Crippen LogP contribution in [0, 0.1) is 0 Å². The molecule has 326 valence electrons. The Morgan fingerprint density at radius 2 is 0.556 bits per heavy atom. The van der Waals surface area contributed by atoms with Gasteiger partial charge in [0.05, 0.1) is 11.5 Å². The van der Waals surface area contributed by atoms with Gasteiger partial charge >= 0.3 is 0 Å². The van der Waals surface area contributed by atoms with E-state index in [-0.39, 0.29) is 11.5 Å². The van der Waals surface area contributed by atoms with Crippen LogP contribution in [0.2, 0.25) is 0 Å². The Morgan fingerprint density at radius 3 is 0.870 bits per heavy atom. The van der Waals surface area contributed by atoms with Gasteiger partial charge in [-0.1, -0.05) is 156 Å². The summed E-state index contributed by atoms with van der Waals surface area (Å²) in [6, 6.07) is 0. The van der Waals surface area contributed by atoms with Crippen molar-refractivity contribution < 1.29 is 16.8 Å². The molecule has 0 spiro atoms. The molecule has 0 fully saturated rings. The maximum absolute atomic E-state index is 13.3. The van der Waals surface area contributed by atoms with Crippen LogP contribution in [0.25, 0.3) is 0 Å². The van der Waals surface area contributed by atoms with Crippen molar-refractivity contribution in [2.75, 3.05) is 63.9 Å². The highest BCUT2D eigenvalue weighted by molar-refractivity contribution is 7.89. The van der Waals surface area contributed by atoms with Gasteiger partial charge in [0.15, 0.2) is 0 Å². The maximum atomic E-state index is 13.3. The Labute approximate surface area is 339 Å². The lowest BCUT2D eigenvalue weighted by molar-refractivity contribution is 0.256. The van der Waals surface area contributed by atoms with Crippen LogP contribution in [-0.2, 0) is 20.0 Å². The summed E-state index contributed by atoms with van der Waals surface area (Å²) in [6.45, 7) is 15.4. The maximum Gasteiger partial charge on any atom is 0.214 e. The van der Waals surface area contributed by atoms with Gasteiger partial charge in [0, 0.05) is 26.2 Å². The zero-order valence-corrected chi connectivity index (χ0v) is 38.3. The highest BCUT2D eigenvalue weighted by Crippen LogP contribution is 2.16. The van der Waals surface area contributed by atoms with Crippen molar-refractivity contribution in [2.24, 2.45) is 5.73 Å². The number of nitrogens with two attached hydrogens (primary N) is 1. The van der Waals surface area contributed by atoms with Crippen LogP contribution in [0.5, 0.6) is 0 Å². The highest BCUT2D eigenvalue weighted by atomic mass is 32.2. The Hall–Kier alpha value is -0.260. The third-order valence-electron chi connectivity index (χ3n) is 11.0. The highest BCUT2D eigenvalue weighted by Gasteiger charge is 2.22. The summed E-state index contributed by atoms with van der Waals surface area (Å²) >= 11 is 0. The molecule has 0 rings (SSSR count). The van der Waals surface area contributed by atoms with Gasteiger partial charge in [-0.05, 0) is 90.4 Å². The average Bonchev–Trinajstić information content (AvgIpc) is 3.15. The molecule has 0 radical (unpaired) electrons. The predicted octanol–water partition coefficient (Wildman–Crippen LogP) is 11.3. The molecule has 0 aromatic heterocycles. The van der Waals surface area contributed by atoms with E-state index >= 15 is 0 Å². The minimum absolute atomic E-state index is 0.280. The first-order valence-corrected chi connectivity index (χ1v) is 26.8. The first-order valence-electron chi connectivity index (χ1n) is 23.6. The molecule has 0 saturated carbocycles. The van der Waals surface area contributed by atoms with Gasteiger partial charge in [-0.15, -0.1) is 0 Å². The summed E-state index contributed by atoms with van der Waals surface area (Å²) < 4.78 is 57.0. The summed E-state index contributed by atoms with van der Waals surface area (Å²) in [5.74, 6) is 0.560. The van der Waals surface area contributed by atoms with Gasteiger partial charge in [0.2, 0.25) is 20.0 Å². The molecule has 54 heavy (non-hydrogen) atoms. The Kier molecular flexibility index (Phi) is 38.1. The van der Waals surface area contributed by atoms with Crippen molar-refractivity contribution in [3.8, 4) is 0 Å². The lowest BCUT2D eigenvalue weighted by Gasteiger charge is -2.23. The minimum Gasteiger partial charge on any atom is -0.330 e. The van der Waals surface area contributed by atoms with E-state index in [0.29, 0.717) is 26.2 Å². The smallest absolute Gasteiger partial charge is 0.214 e. The first-order chi connectivity index (χ1) is 26.2. The van der Waals surface area contributed by atoms with E-state index in [1.165, 1.54) is 77.0 Å². The number of unbranched alkanes of at least 4 members (excludes halogenated alkanes) is 23. The van der Waals surface area contributed by atoms with Gasteiger partial charge in [-0.2, -0.15) is 0 Å². The third-order valence-corrected chi connectivity index (χ3v) is 14.9. The van der Waals surface area contributed by atoms with Crippen LogP contribution in [0.3, 0.4) is 0 Å². The molecule has 0 aliphatic heterocycles. The van der Waals surface area contributed by atoms with Gasteiger partial charge in [-0.25, -0.2) is 25.4 Å². The summed E-state index contributed by atoms with van der Waals surface area (Å²) in [6.07, 6.45) is 32.9. The number of sulfonamides is 2.